The van der Waals surface area contributed by atoms with Crippen LogP contribution < -0.4 is 10.5 Å². The highest BCUT2D eigenvalue weighted by Gasteiger charge is 2.07. The van der Waals surface area contributed by atoms with Gasteiger partial charge in [0.25, 0.3) is 0 Å². The molecule has 0 aliphatic carbocycles. The SMILES string of the molecule is N/C(=N/O)c1ccnc(Oc2ccccc2Br)n1. The third kappa shape index (κ3) is 2.75. The van der Waals surface area contributed by atoms with Gasteiger partial charge >= 0.3 is 6.01 Å². The lowest BCUT2D eigenvalue weighted by Gasteiger charge is -2.06. The first-order valence-electron chi connectivity index (χ1n) is 4.94. The molecular weight excluding hydrogens is 300 g/mol. The molecule has 3 N–H and O–H groups in total. The van der Waals surface area contributed by atoms with Crippen molar-refractivity contribution in [3.63, 3.8) is 0 Å². The summed E-state index contributed by atoms with van der Waals surface area (Å²) in [6.45, 7) is 0. The summed E-state index contributed by atoms with van der Waals surface area (Å²) in [6, 6.07) is 8.93. The highest BCUT2D eigenvalue weighted by molar-refractivity contribution is 9.10. The Hall–Kier alpha value is -2.15. The molecule has 6 nitrogen and oxygen atoms in total. The Kier molecular flexibility index (Phi) is 3.73. The average Bonchev–Trinajstić information content (AvgIpc) is 2.41. The molecule has 18 heavy (non-hydrogen) atoms. The van der Waals surface area contributed by atoms with E-state index in [0.29, 0.717) is 5.75 Å². The topological polar surface area (TPSA) is 93.6 Å². The Morgan fingerprint density at radius 3 is 2.83 bits per heavy atom. The van der Waals surface area contributed by atoms with Crippen molar-refractivity contribution >= 4 is 21.8 Å². The van der Waals surface area contributed by atoms with Crippen LogP contribution in [0.5, 0.6) is 11.8 Å². The first-order valence-corrected chi connectivity index (χ1v) is 5.73. The first kappa shape index (κ1) is 12.3. The van der Waals surface area contributed by atoms with Gasteiger partial charge in [0.2, 0.25) is 0 Å². The van der Waals surface area contributed by atoms with Gasteiger partial charge in [0.1, 0.15) is 11.4 Å². The molecule has 0 radical (unpaired) electrons. The third-order valence-corrected chi connectivity index (χ3v) is 2.70. The van der Waals surface area contributed by atoms with Gasteiger partial charge in [-0.05, 0) is 34.1 Å². The van der Waals surface area contributed by atoms with E-state index in [1.807, 2.05) is 18.2 Å². The van der Waals surface area contributed by atoms with Crippen molar-refractivity contribution in [1.82, 2.24) is 9.97 Å². The minimum absolute atomic E-state index is 0.102. The fraction of sp³-hybridized carbons (Fsp3) is 0. The third-order valence-electron chi connectivity index (χ3n) is 2.04. The van der Waals surface area contributed by atoms with Crippen LogP contribution in [0.3, 0.4) is 0 Å². The maximum atomic E-state index is 8.57. The first-order chi connectivity index (χ1) is 8.70. The molecule has 1 heterocycles. The van der Waals surface area contributed by atoms with Gasteiger partial charge in [-0.1, -0.05) is 17.3 Å². The van der Waals surface area contributed by atoms with Crippen molar-refractivity contribution in [1.29, 1.82) is 0 Å². The van der Waals surface area contributed by atoms with Crippen LogP contribution in [0, 0.1) is 0 Å². The van der Waals surface area contributed by atoms with E-state index >= 15 is 0 Å². The fourth-order valence-electron chi connectivity index (χ4n) is 1.21. The molecular formula is C11H9BrN4O2. The number of rotatable bonds is 3. The zero-order valence-electron chi connectivity index (χ0n) is 9.12. The van der Waals surface area contributed by atoms with E-state index in [1.165, 1.54) is 12.3 Å². The molecule has 0 unspecified atom stereocenters. The molecule has 0 atom stereocenters. The average molecular weight is 309 g/mol. The maximum absolute atomic E-state index is 8.57. The number of ether oxygens (including phenoxy) is 1. The Labute approximate surface area is 111 Å². The zero-order valence-corrected chi connectivity index (χ0v) is 10.7. The molecule has 92 valence electrons. The van der Waals surface area contributed by atoms with Gasteiger partial charge in [-0.3, -0.25) is 0 Å². The van der Waals surface area contributed by atoms with Crippen LogP contribution in [0.15, 0.2) is 46.2 Å². The number of para-hydroxylation sites is 1. The summed E-state index contributed by atoms with van der Waals surface area (Å²) in [5, 5.41) is 11.4. The largest absolute Gasteiger partial charge is 0.423 e. The molecule has 0 fully saturated rings. The fourth-order valence-corrected chi connectivity index (χ4v) is 1.58. The molecule has 0 saturated carbocycles. The highest BCUT2D eigenvalue weighted by Crippen LogP contribution is 2.27. The van der Waals surface area contributed by atoms with Gasteiger partial charge in [0.15, 0.2) is 5.84 Å². The minimum Gasteiger partial charge on any atom is -0.423 e. The summed E-state index contributed by atoms with van der Waals surface area (Å²) in [6.07, 6.45) is 1.46. The van der Waals surface area contributed by atoms with Crippen LogP contribution in [0.2, 0.25) is 0 Å². The summed E-state index contributed by atoms with van der Waals surface area (Å²) in [4.78, 5) is 7.96. The smallest absolute Gasteiger partial charge is 0.322 e. The molecule has 0 saturated heterocycles. The lowest BCUT2D eigenvalue weighted by Crippen LogP contribution is -2.15. The van der Waals surface area contributed by atoms with Crippen molar-refractivity contribution in [3.8, 4) is 11.8 Å². The van der Waals surface area contributed by atoms with Crippen molar-refractivity contribution in [2.24, 2.45) is 10.9 Å². The minimum atomic E-state index is -0.102. The van der Waals surface area contributed by atoms with Gasteiger partial charge < -0.3 is 15.7 Å². The monoisotopic (exact) mass is 308 g/mol. The number of hydrogen-bond acceptors (Lipinski definition) is 5. The maximum Gasteiger partial charge on any atom is 0.322 e. The number of aromatic nitrogens is 2. The normalized spacial score (nSPS) is 11.3. The van der Waals surface area contributed by atoms with Crippen molar-refractivity contribution < 1.29 is 9.94 Å². The van der Waals surface area contributed by atoms with E-state index in [2.05, 4.69) is 31.1 Å². The number of nitrogens with two attached hydrogens (primary N) is 1. The van der Waals surface area contributed by atoms with E-state index in [4.69, 9.17) is 15.7 Å². The Bertz CT molecular complexity index is 589. The van der Waals surface area contributed by atoms with E-state index in [0.717, 1.165) is 4.47 Å². The van der Waals surface area contributed by atoms with Crippen LogP contribution in [-0.4, -0.2) is 21.0 Å². The summed E-state index contributed by atoms with van der Waals surface area (Å²) in [5.41, 5.74) is 5.72. The zero-order chi connectivity index (χ0) is 13.0. The second-order valence-corrected chi connectivity index (χ2v) is 4.10. The van der Waals surface area contributed by atoms with E-state index < -0.39 is 0 Å². The van der Waals surface area contributed by atoms with Crippen LogP contribution in [-0.2, 0) is 0 Å². The lowest BCUT2D eigenvalue weighted by atomic mass is 10.3. The van der Waals surface area contributed by atoms with E-state index in [9.17, 15) is 0 Å². The Morgan fingerprint density at radius 2 is 2.11 bits per heavy atom. The van der Waals surface area contributed by atoms with Gasteiger partial charge in [0, 0.05) is 6.20 Å². The van der Waals surface area contributed by atoms with Crippen molar-refractivity contribution in [2.45, 2.75) is 0 Å². The number of amidine groups is 1. The second kappa shape index (κ2) is 5.46. The number of halogens is 1. The number of hydrogen-bond donors (Lipinski definition) is 2. The molecule has 2 aromatic rings. The predicted octanol–water partition coefficient (Wildman–Crippen LogP) is 2.13. The molecule has 2 rings (SSSR count). The predicted molar refractivity (Wildman–Crippen MR) is 68.8 cm³/mol. The summed E-state index contributed by atoms with van der Waals surface area (Å²) >= 11 is 3.35. The molecule has 0 aliphatic heterocycles. The van der Waals surface area contributed by atoms with Gasteiger partial charge in [-0.2, -0.15) is 4.98 Å². The Morgan fingerprint density at radius 1 is 1.33 bits per heavy atom. The van der Waals surface area contributed by atoms with E-state index in [-0.39, 0.29) is 17.5 Å². The van der Waals surface area contributed by atoms with Gasteiger partial charge in [-0.25, -0.2) is 4.98 Å². The molecule has 7 heteroatoms. The summed E-state index contributed by atoms with van der Waals surface area (Å²) < 4.78 is 6.26. The number of benzene rings is 1. The number of oxime groups is 1. The second-order valence-electron chi connectivity index (χ2n) is 3.24. The van der Waals surface area contributed by atoms with Crippen LogP contribution >= 0.6 is 15.9 Å². The molecule has 0 amide bonds. The molecule has 0 aliphatic rings. The lowest BCUT2D eigenvalue weighted by molar-refractivity contribution is 0.318. The summed E-state index contributed by atoms with van der Waals surface area (Å²) in [7, 11) is 0. The Balaban J connectivity index is 2.28. The standard InChI is InChI=1S/C11H9BrN4O2/c12-7-3-1-2-4-9(7)18-11-14-6-5-8(15-11)10(13)16-17/h1-6,17H,(H2,13,16). The van der Waals surface area contributed by atoms with Crippen LogP contribution in [0.1, 0.15) is 5.69 Å². The molecule has 1 aromatic heterocycles. The summed E-state index contributed by atoms with van der Waals surface area (Å²) in [5.74, 6) is 0.475. The quantitative estimate of drug-likeness (QED) is 0.392. The molecule has 0 bridgehead atoms. The van der Waals surface area contributed by atoms with Crippen molar-refractivity contribution in [3.05, 3.63) is 46.7 Å². The van der Waals surface area contributed by atoms with Crippen LogP contribution in [0.25, 0.3) is 0 Å². The molecule has 0 spiro atoms. The highest BCUT2D eigenvalue weighted by atomic mass is 79.9. The van der Waals surface area contributed by atoms with Crippen molar-refractivity contribution in [2.75, 3.05) is 0 Å². The number of nitrogens with zero attached hydrogens (tertiary/aromatic N) is 3. The van der Waals surface area contributed by atoms with Gasteiger partial charge in [0.05, 0.1) is 4.47 Å². The van der Waals surface area contributed by atoms with Gasteiger partial charge in [-0.15, -0.1) is 0 Å². The molecule has 1 aromatic carbocycles. The van der Waals surface area contributed by atoms with Crippen LogP contribution in [0.4, 0.5) is 0 Å². The van der Waals surface area contributed by atoms with E-state index in [1.54, 1.807) is 6.07 Å².